The van der Waals surface area contributed by atoms with Crippen LogP contribution in [-0.4, -0.2) is 45.7 Å². The monoisotopic (exact) mass is 445 g/mol. The molecular weight excluding hydrogens is 410 g/mol. The van der Waals surface area contributed by atoms with E-state index in [9.17, 15) is 5.11 Å². The lowest BCUT2D eigenvalue weighted by Crippen LogP contribution is -2.57. The van der Waals surface area contributed by atoms with Crippen LogP contribution >= 0.6 is 0 Å². The molecule has 33 heavy (non-hydrogen) atoms. The van der Waals surface area contributed by atoms with Gasteiger partial charge in [0.25, 0.3) is 0 Å². The number of fused-ring (bicyclic) bond motifs is 4. The minimum Gasteiger partial charge on any atom is -0.390 e. The molecule has 3 fully saturated rings. The van der Waals surface area contributed by atoms with E-state index in [2.05, 4.69) is 53.3 Å². The fourth-order valence-corrected chi connectivity index (χ4v) is 6.88. The van der Waals surface area contributed by atoms with Crippen LogP contribution in [0.25, 0.3) is 11.0 Å². The molecule has 1 aliphatic heterocycles. The van der Waals surface area contributed by atoms with E-state index in [1.54, 1.807) is 0 Å². The van der Waals surface area contributed by atoms with Crippen LogP contribution in [0.3, 0.4) is 0 Å². The van der Waals surface area contributed by atoms with Crippen molar-refractivity contribution in [1.82, 2.24) is 14.9 Å². The zero-order chi connectivity index (χ0) is 22.5. The molecule has 2 bridgehead atoms. The Balaban J connectivity index is 1.04. The van der Waals surface area contributed by atoms with Gasteiger partial charge < -0.3 is 19.7 Å². The predicted octanol–water partition coefficient (Wildman–Crippen LogP) is 4.79. The zero-order valence-corrected chi connectivity index (χ0v) is 19.6. The Morgan fingerprint density at radius 2 is 1.88 bits per heavy atom. The van der Waals surface area contributed by atoms with E-state index in [0.717, 1.165) is 75.1 Å². The molecule has 174 valence electrons. The van der Waals surface area contributed by atoms with Gasteiger partial charge in [-0.25, -0.2) is 4.98 Å². The molecule has 0 radical (unpaired) electrons. The Hall–Kier alpha value is -2.21. The second-order valence-electron chi connectivity index (χ2n) is 10.7. The lowest BCUT2D eigenvalue weighted by molar-refractivity contribution is -0.211. The van der Waals surface area contributed by atoms with E-state index in [4.69, 9.17) is 9.72 Å². The fourth-order valence-electron chi connectivity index (χ4n) is 6.88. The minimum atomic E-state index is -0.554. The third-order valence-electron chi connectivity index (χ3n) is 8.71. The van der Waals surface area contributed by atoms with E-state index >= 15 is 0 Å². The molecule has 5 heteroatoms. The predicted molar refractivity (Wildman–Crippen MR) is 130 cm³/mol. The summed E-state index contributed by atoms with van der Waals surface area (Å²) in [6, 6.07) is 16.9. The number of aromatic nitrogens is 2. The summed E-state index contributed by atoms with van der Waals surface area (Å²) in [5, 5.41) is 11.7. The van der Waals surface area contributed by atoms with Crippen LogP contribution in [0.4, 0.5) is 0 Å². The molecule has 2 heterocycles. The van der Waals surface area contributed by atoms with Gasteiger partial charge in [-0.05, 0) is 87.2 Å². The number of aryl methyl sites for hydroxylation is 1. The first-order valence-corrected chi connectivity index (χ1v) is 12.6. The van der Waals surface area contributed by atoms with Crippen LogP contribution in [0.1, 0.15) is 55.5 Å². The van der Waals surface area contributed by atoms with Crippen molar-refractivity contribution in [3.05, 3.63) is 65.5 Å². The molecule has 2 N–H and O–H groups in total. The van der Waals surface area contributed by atoms with Crippen LogP contribution in [0, 0.1) is 11.8 Å². The first kappa shape index (κ1) is 21.3. The SMILES string of the molecule is CN(CCCc1nc2ccccc2[nH]1)CC[C@]1(O)C[C@H]2CC[C@@H]1C[C@@]21OCc2ccccc21. The third-order valence-corrected chi connectivity index (χ3v) is 8.71. The molecule has 0 saturated heterocycles. The van der Waals surface area contributed by atoms with Crippen LogP contribution in [0.5, 0.6) is 0 Å². The molecule has 0 unspecified atom stereocenters. The second-order valence-corrected chi connectivity index (χ2v) is 10.7. The molecule has 2 aromatic carbocycles. The number of H-pyrrole nitrogens is 1. The lowest BCUT2D eigenvalue weighted by Gasteiger charge is -2.57. The number of imidazole rings is 1. The number of hydrogen-bond donors (Lipinski definition) is 2. The molecule has 4 atom stereocenters. The van der Waals surface area contributed by atoms with Gasteiger partial charge in [0.05, 0.1) is 28.8 Å². The Labute approximate surface area is 196 Å². The maximum absolute atomic E-state index is 11.7. The molecule has 1 aromatic heterocycles. The average molecular weight is 446 g/mol. The molecule has 7 rings (SSSR count). The maximum Gasteiger partial charge on any atom is 0.107 e. The van der Waals surface area contributed by atoms with Crippen LogP contribution in [0.2, 0.25) is 0 Å². The smallest absolute Gasteiger partial charge is 0.107 e. The number of ether oxygens (including phenoxy) is 1. The van der Waals surface area contributed by atoms with Crippen LogP contribution in [-0.2, 0) is 23.4 Å². The van der Waals surface area contributed by atoms with Gasteiger partial charge in [-0.3, -0.25) is 0 Å². The molecular formula is C28H35N3O2. The van der Waals surface area contributed by atoms with Crippen molar-refractivity contribution in [3.63, 3.8) is 0 Å². The molecule has 4 aliphatic rings. The summed E-state index contributed by atoms with van der Waals surface area (Å²) in [5.74, 6) is 1.82. The van der Waals surface area contributed by atoms with Gasteiger partial charge in [0.1, 0.15) is 5.82 Å². The van der Waals surface area contributed by atoms with Crippen molar-refractivity contribution in [1.29, 1.82) is 0 Å². The lowest BCUT2D eigenvalue weighted by atomic mass is 9.53. The number of nitrogens with zero attached hydrogens (tertiary/aromatic N) is 2. The number of rotatable bonds is 7. The Morgan fingerprint density at radius 3 is 2.73 bits per heavy atom. The van der Waals surface area contributed by atoms with Crippen molar-refractivity contribution >= 4 is 11.0 Å². The maximum atomic E-state index is 11.7. The van der Waals surface area contributed by atoms with E-state index in [-0.39, 0.29) is 5.60 Å². The fraction of sp³-hybridized carbons (Fsp3) is 0.536. The van der Waals surface area contributed by atoms with Crippen molar-refractivity contribution in [2.75, 3.05) is 20.1 Å². The van der Waals surface area contributed by atoms with E-state index in [1.807, 2.05) is 12.1 Å². The number of nitrogens with one attached hydrogen (secondary N) is 1. The van der Waals surface area contributed by atoms with Crippen LogP contribution in [0.15, 0.2) is 48.5 Å². The zero-order valence-electron chi connectivity index (χ0n) is 19.6. The van der Waals surface area contributed by atoms with Gasteiger partial charge in [-0.15, -0.1) is 0 Å². The molecule has 5 nitrogen and oxygen atoms in total. The van der Waals surface area contributed by atoms with Gasteiger partial charge in [0.15, 0.2) is 0 Å². The summed E-state index contributed by atoms with van der Waals surface area (Å²) in [6.07, 6.45) is 7.02. The summed E-state index contributed by atoms with van der Waals surface area (Å²) in [5.41, 5.74) is 4.19. The summed E-state index contributed by atoms with van der Waals surface area (Å²) in [4.78, 5) is 10.5. The molecule has 3 aromatic rings. The van der Waals surface area contributed by atoms with E-state index < -0.39 is 5.60 Å². The number of aromatic amines is 1. The number of para-hydroxylation sites is 2. The first-order chi connectivity index (χ1) is 16.1. The first-order valence-electron chi connectivity index (χ1n) is 12.6. The minimum absolute atomic E-state index is 0.149. The highest BCUT2D eigenvalue weighted by Crippen LogP contribution is 2.61. The van der Waals surface area contributed by atoms with Gasteiger partial charge in [0.2, 0.25) is 0 Å². The quantitative estimate of drug-likeness (QED) is 0.549. The molecule has 3 aliphatic carbocycles. The van der Waals surface area contributed by atoms with E-state index in [0.29, 0.717) is 11.8 Å². The number of hydrogen-bond acceptors (Lipinski definition) is 4. The Kier molecular flexibility index (Phi) is 5.32. The highest BCUT2D eigenvalue weighted by atomic mass is 16.5. The highest BCUT2D eigenvalue weighted by Gasteiger charge is 2.60. The summed E-state index contributed by atoms with van der Waals surface area (Å²) in [6.45, 7) is 2.68. The number of aliphatic hydroxyl groups is 1. The summed E-state index contributed by atoms with van der Waals surface area (Å²) in [7, 11) is 2.18. The Morgan fingerprint density at radius 1 is 1.06 bits per heavy atom. The van der Waals surface area contributed by atoms with Gasteiger partial charge in [-0.1, -0.05) is 36.4 Å². The average Bonchev–Trinajstić information content (AvgIpc) is 3.41. The molecule has 0 amide bonds. The third kappa shape index (κ3) is 3.71. The Bertz CT molecular complexity index is 1110. The van der Waals surface area contributed by atoms with Crippen LogP contribution < -0.4 is 0 Å². The van der Waals surface area contributed by atoms with E-state index in [1.165, 1.54) is 17.5 Å². The van der Waals surface area contributed by atoms with Gasteiger partial charge in [-0.2, -0.15) is 0 Å². The van der Waals surface area contributed by atoms with Gasteiger partial charge in [0, 0.05) is 13.0 Å². The summed E-state index contributed by atoms with van der Waals surface area (Å²) < 4.78 is 6.49. The largest absolute Gasteiger partial charge is 0.390 e. The molecule has 1 spiro atoms. The number of benzene rings is 2. The van der Waals surface area contributed by atoms with Crippen molar-refractivity contribution in [3.8, 4) is 0 Å². The van der Waals surface area contributed by atoms with Crippen molar-refractivity contribution in [2.24, 2.45) is 11.8 Å². The summed E-state index contributed by atoms with van der Waals surface area (Å²) >= 11 is 0. The second kappa shape index (κ2) is 8.23. The normalized spacial score (nSPS) is 30.5. The van der Waals surface area contributed by atoms with Crippen molar-refractivity contribution in [2.45, 2.75) is 62.8 Å². The molecule has 3 saturated carbocycles. The van der Waals surface area contributed by atoms with Crippen molar-refractivity contribution < 1.29 is 9.84 Å². The highest BCUT2D eigenvalue weighted by molar-refractivity contribution is 5.74. The standard InChI is InChI=1S/C28H35N3O2/c1-31(15-6-11-26-29-24-9-4-5-10-25(24)30-26)16-14-27(32)17-22-13-12-21(27)18-28(22)23-8-3-2-7-20(23)19-33-28/h2-5,7-10,21-22,32H,6,11-19H2,1H3,(H,29,30)/t21-,22-,27+,28-/m1/s1. The van der Waals surface area contributed by atoms with Gasteiger partial charge >= 0.3 is 0 Å². The topological polar surface area (TPSA) is 61.4 Å².